The number of nitrogens with zero attached hydrogens (tertiary/aromatic N) is 2. The second kappa shape index (κ2) is 8.14. The van der Waals surface area contributed by atoms with Crippen molar-refractivity contribution in [1.82, 2.24) is 10.2 Å². The van der Waals surface area contributed by atoms with E-state index >= 15 is 0 Å². The van der Waals surface area contributed by atoms with E-state index in [4.69, 9.17) is 4.42 Å². The molecule has 1 aromatic carbocycles. The third-order valence-corrected chi connectivity index (χ3v) is 3.36. The van der Waals surface area contributed by atoms with E-state index in [-0.39, 0.29) is 24.9 Å². The Bertz CT molecular complexity index is 626. The molecule has 1 heterocycles. The first kappa shape index (κ1) is 16.8. The molecule has 6 nitrogen and oxygen atoms in total. The zero-order chi connectivity index (χ0) is 16.7. The molecule has 0 fully saturated rings. The lowest BCUT2D eigenvalue weighted by Gasteiger charge is -2.24. The monoisotopic (exact) mass is 315 g/mol. The van der Waals surface area contributed by atoms with Crippen molar-refractivity contribution in [3.8, 4) is 0 Å². The molecule has 23 heavy (non-hydrogen) atoms. The topological polar surface area (TPSA) is 65.8 Å². The Hall–Kier alpha value is -2.60. The van der Waals surface area contributed by atoms with Crippen molar-refractivity contribution < 1.29 is 14.0 Å². The summed E-state index contributed by atoms with van der Waals surface area (Å²) >= 11 is 0. The van der Waals surface area contributed by atoms with Gasteiger partial charge in [-0.25, -0.2) is 0 Å². The van der Waals surface area contributed by atoms with E-state index in [9.17, 15) is 9.59 Å². The molecule has 0 aliphatic heterocycles. The molecule has 0 aliphatic rings. The van der Waals surface area contributed by atoms with Gasteiger partial charge in [-0.3, -0.25) is 14.5 Å². The van der Waals surface area contributed by atoms with E-state index in [1.54, 1.807) is 36.2 Å². The number of likely N-dealkylation sites (N-methyl/N-ethyl adjacent to an activating group) is 2. The van der Waals surface area contributed by atoms with Gasteiger partial charge in [0, 0.05) is 12.7 Å². The minimum atomic E-state index is -0.127. The van der Waals surface area contributed by atoms with Crippen molar-refractivity contribution >= 4 is 17.5 Å². The highest BCUT2D eigenvalue weighted by Gasteiger charge is 2.19. The fourth-order valence-corrected chi connectivity index (χ4v) is 2.19. The van der Waals surface area contributed by atoms with Crippen LogP contribution in [-0.2, 0) is 16.1 Å². The van der Waals surface area contributed by atoms with Crippen LogP contribution in [0.25, 0.3) is 0 Å². The molecule has 0 saturated heterocycles. The molecule has 2 rings (SSSR count). The normalized spacial score (nSPS) is 10.6. The number of carbonyl (C=O) groups is 2. The number of carbonyl (C=O) groups excluding carboxylic acids is 2. The fraction of sp³-hybridized carbons (Fsp3) is 0.294. The molecule has 0 unspecified atom stereocenters. The average Bonchev–Trinajstić information content (AvgIpc) is 3.06. The summed E-state index contributed by atoms with van der Waals surface area (Å²) in [6.07, 6.45) is 1.58. The van der Waals surface area contributed by atoms with Crippen LogP contribution in [0, 0.1) is 0 Å². The van der Waals surface area contributed by atoms with E-state index in [2.05, 4.69) is 5.32 Å². The van der Waals surface area contributed by atoms with Crippen LogP contribution >= 0.6 is 0 Å². The standard InChI is InChI=1S/C17H21N3O3/c1-18-16(21)12-19(2)13-17(22)20(11-15-9-6-10-23-15)14-7-4-3-5-8-14/h3-10H,11-13H2,1-2H3,(H,18,21). The Balaban J connectivity index is 2.10. The molecule has 122 valence electrons. The summed E-state index contributed by atoms with van der Waals surface area (Å²) in [6, 6.07) is 13.0. The maximum Gasteiger partial charge on any atom is 0.241 e. The van der Waals surface area contributed by atoms with Crippen LogP contribution < -0.4 is 10.2 Å². The summed E-state index contributed by atoms with van der Waals surface area (Å²) in [4.78, 5) is 27.4. The van der Waals surface area contributed by atoms with Crippen molar-refractivity contribution in [3.05, 3.63) is 54.5 Å². The van der Waals surface area contributed by atoms with E-state index in [0.717, 1.165) is 5.69 Å². The Kier molecular flexibility index (Phi) is 5.94. The summed E-state index contributed by atoms with van der Waals surface area (Å²) in [5.74, 6) is 0.479. The maximum absolute atomic E-state index is 12.7. The summed E-state index contributed by atoms with van der Waals surface area (Å²) in [7, 11) is 3.31. The molecule has 0 atom stereocenters. The molecular weight excluding hydrogens is 294 g/mol. The number of rotatable bonds is 7. The highest BCUT2D eigenvalue weighted by atomic mass is 16.3. The molecular formula is C17H21N3O3. The van der Waals surface area contributed by atoms with Gasteiger partial charge >= 0.3 is 0 Å². The highest BCUT2D eigenvalue weighted by molar-refractivity contribution is 5.94. The molecule has 0 spiro atoms. The third-order valence-electron chi connectivity index (χ3n) is 3.36. The molecule has 1 N–H and O–H groups in total. The number of anilines is 1. The first-order valence-electron chi connectivity index (χ1n) is 7.37. The van der Waals surface area contributed by atoms with Gasteiger partial charge in [-0.2, -0.15) is 0 Å². The van der Waals surface area contributed by atoms with Gasteiger partial charge in [0.15, 0.2) is 0 Å². The lowest BCUT2D eigenvalue weighted by molar-refractivity contribution is -0.123. The van der Waals surface area contributed by atoms with Crippen LogP contribution in [0.15, 0.2) is 53.1 Å². The summed E-state index contributed by atoms with van der Waals surface area (Å²) in [5, 5.41) is 2.55. The molecule has 0 saturated carbocycles. The minimum Gasteiger partial charge on any atom is -0.467 e. The molecule has 0 bridgehead atoms. The van der Waals surface area contributed by atoms with Gasteiger partial charge in [0.1, 0.15) is 5.76 Å². The first-order chi connectivity index (χ1) is 11.1. The molecule has 2 amide bonds. The van der Waals surface area contributed by atoms with Crippen molar-refractivity contribution in [2.24, 2.45) is 0 Å². The quantitative estimate of drug-likeness (QED) is 0.841. The Labute approximate surface area is 135 Å². The largest absolute Gasteiger partial charge is 0.467 e. The smallest absolute Gasteiger partial charge is 0.241 e. The first-order valence-corrected chi connectivity index (χ1v) is 7.37. The highest BCUT2D eigenvalue weighted by Crippen LogP contribution is 2.17. The lowest BCUT2D eigenvalue weighted by atomic mass is 10.2. The van der Waals surface area contributed by atoms with Gasteiger partial charge in [0.05, 0.1) is 25.9 Å². The molecule has 0 aliphatic carbocycles. The van der Waals surface area contributed by atoms with E-state index < -0.39 is 0 Å². The van der Waals surface area contributed by atoms with Gasteiger partial charge in [0.25, 0.3) is 0 Å². The Morgan fingerprint density at radius 2 is 1.83 bits per heavy atom. The predicted octanol–water partition coefficient (Wildman–Crippen LogP) is 1.49. The zero-order valence-corrected chi connectivity index (χ0v) is 13.4. The Morgan fingerprint density at radius 3 is 2.43 bits per heavy atom. The lowest BCUT2D eigenvalue weighted by Crippen LogP contribution is -2.42. The van der Waals surface area contributed by atoms with Crippen LogP contribution in [0.1, 0.15) is 5.76 Å². The molecule has 0 radical (unpaired) electrons. The van der Waals surface area contributed by atoms with Crippen molar-refractivity contribution in [2.45, 2.75) is 6.54 Å². The van der Waals surface area contributed by atoms with Gasteiger partial charge in [-0.15, -0.1) is 0 Å². The van der Waals surface area contributed by atoms with Gasteiger partial charge in [0.2, 0.25) is 11.8 Å². The zero-order valence-electron chi connectivity index (χ0n) is 13.4. The van der Waals surface area contributed by atoms with Crippen LogP contribution in [0.3, 0.4) is 0 Å². The Morgan fingerprint density at radius 1 is 1.09 bits per heavy atom. The van der Waals surface area contributed by atoms with E-state index in [1.165, 1.54) is 0 Å². The summed E-state index contributed by atoms with van der Waals surface area (Å²) in [6.45, 7) is 0.665. The van der Waals surface area contributed by atoms with Gasteiger partial charge in [-0.1, -0.05) is 18.2 Å². The van der Waals surface area contributed by atoms with Crippen LogP contribution in [0.5, 0.6) is 0 Å². The number of hydrogen-bond acceptors (Lipinski definition) is 4. The number of furan rings is 1. The number of hydrogen-bond donors (Lipinski definition) is 1. The van der Waals surface area contributed by atoms with Crippen molar-refractivity contribution in [3.63, 3.8) is 0 Å². The number of nitrogens with one attached hydrogen (secondary N) is 1. The van der Waals surface area contributed by atoms with E-state index in [1.807, 2.05) is 36.4 Å². The molecule has 1 aromatic heterocycles. The maximum atomic E-state index is 12.7. The molecule has 2 aromatic rings. The SMILES string of the molecule is CNC(=O)CN(C)CC(=O)N(Cc1ccco1)c1ccccc1. The summed E-state index contributed by atoms with van der Waals surface area (Å²) < 4.78 is 5.35. The average molecular weight is 315 g/mol. The van der Waals surface area contributed by atoms with Crippen LogP contribution in [0.2, 0.25) is 0 Å². The fourth-order valence-electron chi connectivity index (χ4n) is 2.19. The van der Waals surface area contributed by atoms with Crippen LogP contribution in [0.4, 0.5) is 5.69 Å². The van der Waals surface area contributed by atoms with Crippen LogP contribution in [-0.4, -0.2) is 43.9 Å². The third kappa shape index (κ3) is 4.96. The number of amides is 2. The molecule has 6 heteroatoms. The predicted molar refractivity (Wildman–Crippen MR) is 87.9 cm³/mol. The second-order valence-electron chi connectivity index (χ2n) is 5.24. The number of para-hydroxylation sites is 1. The number of benzene rings is 1. The van der Waals surface area contributed by atoms with Gasteiger partial charge in [-0.05, 0) is 31.3 Å². The second-order valence-corrected chi connectivity index (χ2v) is 5.24. The van der Waals surface area contributed by atoms with Crippen molar-refractivity contribution in [1.29, 1.82) is 0 Å². The van der Waals surface area contributed by atoms with E-state index in [0.29, 0.717) is 12.3 Å². The van der Waals surface area contributed by atoms with Crippen molar-refractivity contribution in [2.75, 3.05) is 32.1 Å². The summed E-state index contributed by atoms with van der Waals surface area (Å²) in [5.41, 5.74) is 0.794. The minimum absolute atomic E-state index is 0.0981. The van der Waals surface area contributed by atoms with Gasteiger partial charge < -0.3 is 14.6 Å².